The van der Waals surface area contributed by atoms with Crippen LogP contribution in [0.5, 0.6) is 5.88 Å². The van der Waals surface area contributed by atoms with E-state index < -0.39 is 5.41 Å². The minimum Gasteiger partial charge on any atom is -0.481 e. The molecule has 0 amide bonds. The van der Waals surface area contributed by atoms with Crippen LogP contribution in [0.3, 0.4) is 0 Å². The van der Waals surface area contributed by atoms with E-state index in [-0.39, 0.29) is 17.4 Å². The van der Waals surface area contributed by atoms with Crippen molar-refractivity contribution >= 4 is 5.78 Å². The number of hydrogen-bond acceptors (Lipinski definition) is 6. The van der Waals surface area contributed by atoms with E-state index in [0.717, 1.165) is 52.1 Å². The second-order valence-corrected chi connectivity index (χ2v) is 9.98. The van der Waals surface area contributed by atoms with Crippen LogP contribution < -0.4 is 10.1 Å². The van der Waals surface area contributed by atoms with Crippen LogP contribution in [0.15, 0.2) is 75.4 Å². The molecule has 6 heteroatoms. The number of nitrogens with one attached hydrogen (secondary N) is 1. The van der Waals surface area contributed by atoms with Gasteiger partial charge in [0.1, 0.15) is 0 Å². The number of methoxy groups -OCH3 is 1. The first kappa shape index (κ1) is 21.6. The Kier molecular flexibility index (Phi) is 5.00. The molecule has 1 N–H and O–H groups in total. The zero-order chi connectivity index (χ0) is 23.4. The van der Waals surface area contributed by atoms with E-state index in [0.29, 0.717) is 12.3 Å². The van der Waals surface area contributed by atoms with E-state index in [9.17, 15) is 4.79 Å². The number of ether oxygens (including phenoxy) is 1. The second kappa shape index (κ2) is 7.65. The number of benzene rings is 1. The lowest BCUT2D eigenvalue weighted by Crippen LogP contribution is -2.51. The first-order valence-corrected chi connectivity index (χ1v) is 11.6. The Morgan fingerprint density at radius 2 is 1.94 bits per heavy atom. The number of nitrogens with zero attached hydrogens (tertiary/aromatic N) is 3. The fourth-order valence-electron chi connectivity index (χ4n) is 5.87. The molecule has 170 valence electrons. The number of carbonyl (C=O) groups is 1. The molecule has 3 heterocycles. The van der Waals surface area contributed by atoms with E-state index >= 15 is 0 Å². The quantitative estimate of drug-likeness (QED) is 0.657. The Morgan fingerprint density at radius 1 is 1.15 bits per heavy atom. The molecule has 1 aliphatic carbocycles. The molecule has 3 aliphatic rings. The summed E-state index contributed by atoms with van der Waals surface area (Å²) < 4.78 is 5.34. The lowest BCUT2D eigenvalue weighted by molar-refractivity contribution is -0.119. The van der Waals surface area contributed by atoms with Crippen molar-refractivity contribution in [3.8, 4) is 17.0 Å². The monoisotopic (exact) mass is 442 g/mol. The van der Waals surface area contributed by atoms with Crippen molar-refractivity contribution in [2.75, 3.05) is 7.11 Å². The van der Waals surface area contributed by atoms with Gasteiger partial charge in [-0.15, -0.1) is 0 Å². The van der Waals surface area contributed by atoms with Crippen molar-refractivity contribution in [1.82, 2.24) is 10.3 Å². The fraction of sp³-hybridized carbons (Fsp3) is 0.407. The van der Waals surface area contributed by atoms with Crippen LogP contribution in [0.2, 0.25) is 0 Å². The van der Waals surface area contributed by atoms with Crippen LogP contribution in [0.4, 0.5) is 0 Å². The van der Waals surface area contributed by atoms with Crippen molar-refractivity contribution < 1.29 is 9.53 Å². The van der Waals surface area contributed by atoms with Crippen LogP contribution in [0, 0.1) is 5.41 Å². The van der Waals surface area contributed by atoms with Gasteiger partial charge in [0.15, 0.2) is 11.9 Å². The molecule has 1 aromatic heterocycles. The summed E-state index contributed by atoms with van der Waals surface area (Å²) in [5, 5.41) is 12.6. The molecule has 0 saturated carbocycles. The van der Waals surface area contributed by atoms with Crippen LogP contribution in [-0.4, -0.2) is 24.0 Å². The van der Waals surface area contributed by atoms with Crippen LogP contribution in [0.25, 0.3) is 11.1 Å². The van der Waals surface area contributed by atoms with Crippen molar-refractivity contribution in [2.45, 2.75) is 58.5 Å². The average Bonchev–Trinajstić information content (AvgIpc) is 3.17. The lowest BCUT2D eigenvalue weighted by atomic mass is 9.58. The molecule has 0 fully saturated rings. The normalized spacial score (nSPS) is 25.6. The van der Waals surface area contributed by atoms with Gasteiger partial charge < -0.3 is 10.1 Å². The highest BCUT2D eigenvalue weighted by Gasteiger charge is 2.53. The summed E-state index contributed by atoms with van der Waals surface area (Å²) in [4.78, 5) is 18.0. The summed E-state index contributed by atoms with van der Waals surface area (Å²) in [6.07, 6.45) is 3.66. The molecule has 2 aromatic rings. The first-order chi connectivity index (χ1) is 15.8. The SMILES string of the molecule is CCC1(c2cccc(-c3ccnc(OC)c3)c2)C2=C(CC(C)(C)CC2=O)NC2N=NC(C)=C21. The predicted octanol–water partition coefficient (Wildman–Crippen LogP) is 5.72. The van der Waals surface area contributed by atoms with Gasteiger partial charge in [0.25, 0.3) is 0 Å². The van der Waals surface area contributed by atoms with Gasteiger partial charge in [-0.3, -0.25) is 4.79 Å². The molecule has 2 unspecified atom stereocenters. The van der Waals surface area contributed by atoms with Gasteiger partial charge in [-0.2, -0.15) is 10.2 Å². The third-order valence-corrected chi connectivity index (χ3v) is 7.22. The Morgan fingerprint density at radius 3 is 2.70 bits per heavy atom. The molecule has 0 radical (unpaired) electrons. The Hall–Kier alpha value is -3.28. The van der Waals surface area contributed by atoms with E-state index in [1.165, 1.54) is 0 Å². The van der Waals surface area contributed by atoms with Crippen molar-refractivity contribution in [3.05, 3.63) is 70.7 Å². The number of fused-ring (bicyclic) bond motifs is 1. The van der Waals surface area contributed by atoms with E-state index in [4.69, 9.17) is 4.74 Å². The number of azo groups is 1. The maximum atomic E-state index is 13.7. The van der Waals surface area contributed by atoms with E-state index in [2.05, 4.69) is 65.6 Å². The van der Waals surface area contributed by atoms with Crippen LogP contribution >= 0.6 is 0 Å². The zero-order valence-electron chi connectivity index (χ0n) is 19.9. The summed E-state index contributed by atoms with van der Waals surface area (Å²) in [7, 11) is 1.62. The van der Waals surface area contributed by atoms with Gasteiger partial charge in [0.05, 0.1) is 18.2 Å². The highest BCUT2D eigenvalue weighted by Crippen LogP contribution is 2.55. The number of hydrogen-bond donors (Lipinski definition) is 1. The maximum absolute atomic E-state index is 13.7. The average molecular weight is 443 g/mol. The van der Waals surface area contributed by atoms with Crippen LogP contribution in [0.1, 0.15) is 52.5 Å². The zero-order valence-corrected chi connectivity index (χ0v) is 19.9. The van der Waals surface area contributed by atoms with E-state index in [1.807, 2.05) is 19.1 Å². The van der Waals surface area contributed by atoms with Gasteiger partial charge >= 0.3 is 0 Å². The topological polar surface area (TPSA) is 75.9 Å². The van der Waals surface area contributed by atoms with Gasteiger partial charge in [0.2, 0.25) is 5.88 Å². The minimum atomic E-state index is -0.556. The fourth-order valence-corrected chi connectivity index (χ4v) is 5.87. The maximum Gasteiger partial charge on any atom is 0.213 e. The molecule has 33 heavy (non-hydrogen) atoms. The summed E-state index contributed by atoms with van der Waals surface area (Å²) in [5.74, 6) is 0.795. The standard InChI is InChI=1S/C27H30N4O2/c1-6-27(19-9-7-8-17(12-19)18-10-11-28-22(13-18)33-5)23-16(2)30-31-25(23)29-20-14-26(3,4)15-21(32)24(20)27/h7-13,25,29H,6,14-15H2,1-5H3. The number of allylic oxidation sites excluding steroid dienone is 3. The molecule has 0 saturated heterocycles. The Bertz CT molecular complexity index is 1240. The minimum absolute atomic E-state index is 0.0795. The molecule has 0 spiro atoms. The van der Waals surface area contributed by atoms with Crippen molar-refractivity contribution in [3.63, 3.8) is 0 Å². The highest BCUT2D eigenvalue weighted by molar-refractivity contribution is 6.01. The number of ketones is 1. The third-order valence-electron chi connectivity index (χ3n) is 7.22. The van der Waals surface area contributed by atoms with Gasteiger partial charge in [-0.25, -0.2) is 4.98 Å². The number of Topliss-reactive ketones (excluding diaryl/α,β-unsaturated/α-hetero) is 1. The molecular formula is C27H30N4O2. The summed E-state index contributed by atoms with van der Waals surface area (Å²) >= 11 is 0. The molecule has 6 nitrogen and oxygen atoms in total. The number of rotatable bonds is 4. The number of aromatic nitrogens is 1. The molecular weight excluding hydrogens is 412 g/mol. The summed E-state index contributed by atoms with van der Waals surface area (Å²) in [5.41, 5.74) is 6.47. The summed E-state index contributed by atoms with van der Waals surface area (Å²) in [6, 6.07) is 12.4. The predicted molar refractivity (Wildman–Crippen MR) is 128 cm³/mol. The smallest absolute Gasteiger partial charge is 0.213 e. The number of carbonyl (C=O) groups excluding carboxylic acids is 1. The summed E-state index contributed by atoms with van der Waals surface area (Å²) in [6.45, 7) is 8.49. The van der Waals surface area contributed by atoms with Gasteiger partial charge in [-0.05, 0) is 54.0 Å². The Labute approximate surface area is 194 Å². The van der Waals surface area contributed by atoms with Gasteiger partial charge in [0, 0.05) is 35.5 Å². The largest absolute Gasteiger partial charge is 0.481 e. The lowest BCUT2D eigenvalue weighted by Gasteiger charge is -2.48. The van der Waals surface area contributed by atoms with Crippen molar-refractivity contribution in [2.24, 2.45) is 15.6 Å². The van der Waals surface area contributed by atoms with Crippen molar-refractivity contribution in [1.29, 1.82) is 0 Å². The van der Waals surface area contributed by atoms with Gasteiger partial charge in [-0.1, -0.05) is 39.0 Å². The molecule has 1 aromatic carbocycles. The molecule has 2 aliphatic heterocycles. The van der Waals surface area contributed by atoms with E-state index in [1.54, 1.807) is 13.3 Å². The molecule has 0 bridgehead atoms. The molecule has 5 rings (SSSR count). The van der Waals surface area contributed by atoms with Crippen LogP contribution in [-0.2, 0) is 10.2 Å². The first-order valence-electron chi connectivity index (χ1n) is 11.6. The molecule has 2 atom stereocenters. The third kappa shape index (κ3) is 3.31. The Balaban J connectivity index is 1.75. The highest BCUT2D eigenvalue weighted by atomic mass is 16.5. The second-order valence-electron chi connectivity index (χ2n) is 9.98. The number of pyridine rings is 1.